The molecular formula is C16H22F2N2O. The number of halogens is 2. The monoisotopic (exact) mass is 296 g/mol. The molecule has 1 aromatic rings. The fraction of sp³-hybridized carbons (Fsp3) is 0.562. The summed E-state index contributed by atoms with van der Waals surface area (Å²) in [6.07, 6.45) is 2.21. The van der Waals surface area contributed by atoms with Crippen LogP contribution in [0.2, 0.25) is 0 Å². The van der Waals surface area contributed by atoms with Gasteiger partial charge < -0.3 is 5.32 Å². The molecule has 1 heterocycles. The number of carbonyl (C=O) groups excluding carboxylic acids is 1. The van der Waals surface area contributed by atoms with Gasteiger partial charge in [0.2, 0.25) is 5.91 Å². The van der Waals surface area contributed by atoms with Crippen LogP contribution in [0, 0.1) is 17.6 Å². The van der Waals surface area contributed by atoms with Crippen molar-refractivity contribution in [2.45, 2.75) is 32.7 Å². The van der Waals surface area contributed by atoms with Gasteiger partial charge in [-0.15, -0.1) is 0 Å². The van der Waals surface area contributed by atoms with Gasteiger partial charge in [0, 0.05) is 11.6 Å². The van der Waals surface area contributed by atoms with Crippen LogP contribution < -0.4 is 5.32 Å². The van der Waals surface area contributed by atoms with Crippen LogP contribution >= 0.6 is 0 Å². The van der Waals surface area contributed by atoms with Gasteiger partial charge in [-0.05, 0) is 44.8 Å². The normalized spacial score (nSPS) is 18.5. The number of likely N-dealkylation sites (tertiary alicyclic amines) is 1. The third kappa shape index (κ3) is 4.49. The molecule has 1 aliphatic rings. The van der Waals surface area contributed by atoms with E-state index >= 15 is 0 Å². The Labute approximate surface area is 124 Å². The zero-order valence-electron chi connectivity index (χ0n) is 12.5. The molecule has 3 nitrogen and oxygen atoms in total. The highest BCUT2D eigenvalue weighted by Crippen LogP contribution is 2.18. The van der Waals surface area contributed by atoms with Crippen molar-refractivity contribution in [3.05, 3.63) is 35.4 Å². The first-order valence-electron chi connectivity index (χ1n) is 7.42. The molecular weight excluding hydrogens is 274 g/mol. The van der Waals surface area contributed by atoms with Gasteiger partial charge in [-0.1, -0.05) is 13.0 Å². The molecule has 0 unspecified atom stereocenters. The van der Waals surface area contributed by atoms with Crippen LogP contribution in [0.4, 0.5) is 8.78 Å². The number of rotatable bonds is 4. The minimum atomic E-state index is -0.630. The van der Waals surface area contributed by atoms with Crippen LogP contribution in [0.5, 0.6) is 0 Å². The van der Waals surface area contributed by atoms with E-state index < -0.39 is 17.7 Å². The molecule has 0 bridgehead atoms. The van der Waals surface area contributed by atoms with Gasteiger partial charge in [0.1, 0.15) is 11.6 Å². The zero-order chi connectivity index (χ0) is 15.4. The lowest BCUT2D eigenvalue weighted by molar-refractivity contribution is -0.123. The average molecular weight is 296 g/mol. The zero-order valence-corrected chi connectivity index (χ0v) is 12.5. The third-order valence-corrected chi connectivity index (χ3v) is 4.05. The number of nitrogens with zero attached hydrogens (tertiary/aromatic N) is 1. The molecule has 2 rings (SSSR count). The second kappa shape index (κ2) is 6.98. The summed E-state index contributed by atoms with van der Waals surface area (Å²) in [4.78, 5) is 14.1. The molecule has 1 aromatic carbocycles. The van der Waals surface area contributed by atoms with Crippen molar-refractivity contribution in [1.29, 1.82) is 0 Å². The molecule has 5 heteroatoms. The van der Waals surface area contributed by atoms with Crippen molar-refractivity contribution in [1.82, 2.24) is 10.2 Å². The van der Waals surface area contributed by atoms with Gasteiger partial charge >= 0.3 is 0 Å². The fourth-order valence-electron chi connectivity index (χ4n) is 2.64. The quantitative estimate of drug-likeness (QED) is 0.926. The summed E-state index contributed by atoms with van der Waals surface area (Å²) in [6, 6.07) is 2.94. The molecule has 0 saturated carbocycles. The summed E-state index contributed by atoms with van der Waals surface area (Å²) in [5.74, 6) is -0.649. The fourth-order valence-corrected chi connectivity index (χ4v) is 2.64. The van der Waals surface area contributed by atoms with E-state index in [0.717, 1.165) is 37.9 Å². The van der Waals surface area contributed by atoms with E-state index in [0.29, 0.717) is 12.1 Å². The van der Waals surface area contributed by atoms with E-state index in [1.54, 1.807) is 6.92 Å². The average Bonchev–Trinajstić information content (AvgIpc) is 2.41. The Hall–Kier alpha value is -1.49. The van der Waals surface area contributed by atoms with E-state index in [9.17, 15) is 13.6 Å². The molecule has 21 heavy (non-hydrogen) atoms. The maximum absolute atomic E-state index is 13.7. The van der Waals surface area contributed by atoms with Crippen molar-refractivity contribution < 1.29 is 13.6 Å². The van der Waals surface area contributed by atoms with Crippen LogP contribution in [-0.2, 0) is 4.79 Å². The predicted octanol–water partition coefficient (Wildman–Crippen LogP) is 2.87. The Balaban J connectivity index is 1.87. The predicted molar refractivity (Wildman–Crippen MR) is 77.8 cm³/mol. The molecule has 1 aliphatic heterocycles. The topological polar surface area (TPSA) is 32.3 Å². The number of nitrogens with one attached hydrogen (secondary N) is 1. The second-order valence-corrected chi connectivity index (χ2v) is 5.91. The second-order valence-electron chi connectivity index (χ2n) is 5.91. The summed E-state index contributed by atoms with van der Waals surface area (Å²) in [7, 11) is 0. The van der Waals surface area contributed by atoms with Gasteiger partial charge in [-0.2, -0.15) is 0 Å². The summed E-state index contributed by atoms with van der Waals surface area (Å²) >= 11 is 0. The molecule has 1 N–H and O–H groups in total. The van der Waals surface area contributed by atoms with Crippen LogP contribution in [0.25, 0.3) is 0 Å². The molecule has 0 radical (unpaired) electrons. The minimum Gasteiger partial charge on any atom is -0.348 e. The van der Waals surface area contributed by atoms with Crippen LogP contribution in [-0.4, -0.2) is 30.4 Å². The highest BCUT2D eigenvalue weighted by Gasteiger charge is 2.20. The van der Waals surface area contributed by atoms with Crippen LogP contribution in [0.1, 0.15) is 38.3 Å². The van der Waals surface area contributed by atoms with Gasteiger partial charge in [-0.3, -0.25) is 9.69 Å². The number of benzene rings is 1. The van der Waals surface area contributed by atoms with Crippen molar-refractivity contribution in [3.63, 3.8) is 0 Å². The summed E-state index contributed by atoms with van der Waals surface area (Å²) in [6.45, 7) is 6.10. The largest absolute Gasteiger partial charge is 0.348 e. The van der Waals surface area contributed by atoms with E-state index in [-0.39, 0.29) is 5.91 Å². The molecule has 0 aliphatic carbocycles. The Morgan fingerprint density at radius 3 is 2.67 bits per heavy atom. The number of piperidine rings is 1. The molecule has 1 atom stereocenters. The molecule has 1 amide bonds. The summed E-state index contributed by atoms with van der Waals surface area (Å²) < 4.78 is 26.5. The molecule has 116 valence electrons. The lowest BCUT2D eigenvalue weighted by atomic mass is 9.99. The van der Waals surface area contributed by atoms with E-state index in [1.807, 2.05) is 0 Å². The number of hydrogen-bond acceptors (Lipinski definition) is 2. The maximum atomic E-state index is 13.7. The molecule has 0 spiro atoms. The third-order valence-electron chi connectivity index (χ3n) is 4.05. The van der Waals surface area contributed by atoms with Gasteiger partial charge in [0.25, 0.3) is 0 Å². The number of carbonyl (C=O) groups is 1. The molecule has 0 aromatic heterocycles. The van der Waals surface area contributed by atoms with Gasteiger partial charge in [0.05, 0.1) is 12.6 Å². The van der Waals surface area contributed by atoms with E-state index in [1.165, 1.54) is 12.1 Å². The van der Waals surface area contributed by atoms with E-state index in [2.05, 4.69) is 17.1 Å². The maximum Gasteiger partial charge on any atom is 0.234 e. The highest BCUT2D eigenvalue weighted by molar-refractivity contribution is 5.78. The number of hydrogen-bond donors (Lipinski definition) is 1. The minimum absolute atomic E-state index is 0.124. The SMILES string of the molecule is CC1CCN(CC(=O)N[C@H](C)c2ccc(F)cc2F)CC1. The summed E-state index contributed by atoms with van der Waals surface area (Å²) in [5, 5.41) is 2.77. The van der Waals surface area contributed by atoms with Crippen LogP contribution in [0.15, 0.2) is 18.2 Å². The first-order chi connectivity index (χ1) is 9.95. The van der Waals surface area contributed by atoms with E-state index in [4.69, 9.17) is 0 Å². The Morgan fingerprint density at radius 1 is 1.38 bits per heavy atom. The lowest BCUT2D eigenvalue weighted by Gasteiger charge is -2.30. The van der Waals surface area contributed by atoms with Crippen LogP contribution in [0.3, 0.4) is 0 Å². The highest BCUT2D eigenvalue weighted by atomic mass is 19.1. The summed E-state index contributed by atoms with van der Waals surface area (Å²) in [5.41, 5.74) is 0.303. The van der Waals surface area contributed by atoms with Crippen molar-refractivity contribution in [2.24, 2.45) is 5.92 Å². The molecule has 1 fully saturated rings. The number of amides is 1. The van der Waals surface area contributed by atoms with Gasteiger partial charge in [-0.25, -0.2) is 8.78 Å². The Kier molecular flexibility index (Phi) is 5.28. The van der Waals surface area contributed by atoms with Crippen molar-refractivity contribution >= 4 is 5.91 Å². The van der Waals surface area contributed by atoms with Crippen molar-refractivity contribution in [2.75, 3.05) is 19.6 Å². The molecule has 1 saturated heterocycles. The van der Waals surface area contributed by atoms with Gasteiger partial charge in [0.15, 0.2) is 0 Å². The Bertz CT molecular complexity index is 499. The first kappa shape index (κ1) is 15.9. The Morgan fingerprint density at radius 2 is 2.05 bits per heavy atom. The lowest BCUT2D eigenvalue weighted by Crippen LogP contribution is -2.41. The van der Waals surface area contributed by atoms with Crippen molar-refractivity contribution in [3.8, 4) is 0 Å². The standard InChI is InChI=1S/C16H22F2N2O/c1-11-5-7-20(8-6-11)10-16(21)19-12(2)14-4-3-13(17)9-15(14)18/h3-4,9,11-12H,5-8,10H2,1-2H3,(H,19,21)/t12-/m1/s1. The first-order valence-corrected chi connectivity index (χ1v) is 7.42. The smallest absolute Gasteiger partial charge is 0.234 e.